The summed E-state index contributed by atoms with van der Waals surface area (Å²) in [5.41, 5.74) is 8.48. The van der Waals surface area contributed by atoms with Gasteiger partial charge in [0, 0.05) is 37.0 Å². The van der Waals surface area contributed by atoms with Crippen LogP contribution in [0.2, 0.25) is 0 Å². The van der Waals surface area contributed by atoms with E-state index in [1.807, 2.05) is 14.0 Å². The summed E-state index contributed by atoms with van der Waals surface area (Å²) < 4.78 is 1.75. The van der Waals surface area contributed by atoms with Gasteiger partial charge in [0.2, 0.25) is 0 Å². The zero-order valence-corrected chi connectivity index (χ0v) is 21.8. The molecule has 0 aliphatic heterocycles. The zero-order valence-electron chi connectivity index (χ0n) is 21.8. The third kappa shape index (κ3) is 5.90. The third-order valence-corrected chi connectivity index (χ3v) is 6.93. The van der Waals surface area contributed by atoms with Crippen molar-refractivity contribution in [2.75, 3.05) is 20.2 Å². The molecule has 0 spiro atoms. The van der Waals surface area contributed by atoms with E-state index in [2.05, 4.69) is 63.9 Å². The van der Waals surface area contributed by atoms with E-state index in [-0.39, 0.29) is 24.7 Å². The van der Waals surface area contributed by atoms with Gasteiger partial charge in [-0.1, -0.05) is 60.2 Å². The molecule has 2 aliphatic rings. The van der Waals surface area contributed by atoms with Crippen molar-refractivity contribution in [3.05, 3.63) is 117 Å². The van der Waals surface area contributed by atoms with Gasteiger partial charge < -0.3 is 10.4 Å². The van der Waals surface area contributed by atoms with Crippen LogP contribution in [-0.2, 0) is 24.3 Å². The number of allylic oxidation sites excluding steroid dienone is 4. The molecule has 1 aromatic heterocycles. The van der Waals surface area contributed by atoms with Crippen molar-refractivity contribution in [3.63, 3.8) is 0 Å². The number of aliphatic hydroxyl groups excluding tert-OH is 1. The van der Waals surface area contributed by atoms with E-state index in [9.17, 15) is 9.59 Å². The number of ketones is 1. The predicted molar refractivity (Wildman–Crippen MR) is 147 cm³/mol. The van der Waals surface area contributed by atoms with Crippen LogP contribution in [0.1, 0.15) is 44.6 Å². The minimum atomic E-state index is -0.253. The number of carbonyl (C=O) groups excluding carboxylic acids is 2. The van der Waals surface area contributed by atoms with E-state index in [0.29, 0.717) is 36.3 Å². The molecule has 0 atom stereocenters. The Balaban J connectivity index is 1.26. The molecule has 1 amide bonds. The maximum atomic E-state index is 12.9. The van der Waals surface area contributed by atoms with Gasteiger partial charge in [0.25, 0.3) is 5.91 Å². The number of aromatic nitrogens is 2. The number of Topliss-reactive ketones (excluding diaryl/α,β-unsaturated/α-hetero) is 1. The van der Waals surface area contributed by atoms with Crippen LogP contribution in [0.15, 0.2) is 83.9 Å². The number of amides is 1. The van der Waals surface area contributed by atoms with Gasteiger partial charge in [-0.15, -0.1) is 0 Å². The second-order valence-corrected chi connectivity index (χ2v) is 10.1. The Morgan fingerprint density at radius 2 is 1.92 bits per heavy atom. The first kappa shape index (κ1) is 25.6. The van der Waals surface area contributed by atoms with Crippen molar-refractivity contribution in [1.29, 1.82) is 0 Å². The number of nitrogens with zero attached hydrogens (tertiary/aromatic N) is 3. The molecule has 2 aliphatic carbocycles. The Morgan fingerprint density at radius 1 is 1.13 bits per heavy atom. The van der Waals surface area contributed by atoms with E-state index in [1.54, 1.807) is 29.2 Å². The first-order valence-corrected chi connectivity index (χ1v) is 12.8. The monoisotopic (exact) mass is 508 g/mol. The Hall–Kier alpha value is -4.07. The number of likely N-dealkylation sites (N-methyl/N-ethyl adjacent to an activating group) is 1. The van der Waals surface area contributed by atoms with Gasteiger partial charge in [0.1, 0.15) is 0 Å². The van der Waals surface area contributed by atoms with Gasteiger partial charge >= 0.3 is 0 Å². The maximum Gasteiger partial charge on any atom is 0.258 e. The first-order chi connectivity index (χ1) is 18.4. The largest absolute Gasteiger partial charge is 0.395 e. The fourth-order valence-electron chi connectivity index (χ4n) is 4.83. The molecule has 7 nitrogen and oxygen atoms in total. The topological polar surface area (TPSA) is 87.5 Å². The van der Waals surface area contributed by atoms with Crippen molar-refractivity contribution < 1.29 is 14.7 Å². The molecule has 2 aromatic carbocycles. The van der Waals surface area contributed by atoms with E-state index in [4.69, 9.17) is 5.11 Å². The van der Waals surface area contributed by atoms with Crippen molar-refractivity contribution in [3.8, 4) is 0 Å². The summed E-state index contributed by atoms with van der Waals surface area (Å²) in [6, 6.07) is 14.6. The van der Waals surface area contributed by atoms with Crippen LogP contribution < -0.4 is 5.32 Å². The highest BCUT2D eigenvalue weighted by atomic mass is 16.3. The molecular weight excluding hydrogens is 476 g/mol. The second-order valence-electron chi connectivity index (χ2n) is 10.1. The third-order valence-electron chi connectivity index (χ3n) is 6.93. The number of nitrogens with one attached hydrogen (secondary N) is 1. The molecule has 194 valence electrons. The normalized spacial score (nSPS) is 14.7. The Bertz CT molecular complexity index is 1460. The van der Waals surface area contributed by atoms with Crippen molar-refractivity contribution in [1.82, 2.24) is 20.0 Å². The van der Waals surface area contributed by atoms with Crippen molar-refractivity contribution >= 4 is 17.8 Å². The first-order valence-electron chi connectivity index (χ1n) is 12.8. The molecule has 2 N–H and O–H groups in total. The number of aliphatic hydroxyl groups is 1. The summed E-state index contributed by atoms with van der Waals surface area (Å²) in [6.45, 7) is 4.13. The number of carbonyl (C=O) groups is 2. The van der Waals surface area contributed by atoms with Gasteiger partial charge in [0.05, 0.1) is 24.9 Å². The van der Waals surface area contributed by atoms with E-state index >= 15 is 0 Å². The second kappa shape index (κ2) is 11.1. The van der Waals surface area contributed by atoms with Gasteiger partial charge in [0.15, 0.2) is 5.78 Å². The number of hydrogen-bond acceptors (Lipinski definition) is 5. The van der Waals surface area contributed by atoms with Gasteiger partial charge in [-0.3, -0.25) is 19.2 Å². The highest BCUT2D eigenvalue weighted by Crippen LogP contribution is 2.33. The molecule has 38 heavy (non-hydrogen) atoms. The molecule has 0 radical (unpaired) electrons. The Labute approximate surface area is 222 Å². The summed E-state index contributed by atoms with van der Waals surface area (Å²) in [4.78, 5) is 27.8. The fraction of sp³-hybridized carbons (Fsp3) is 0.258. The summed E-state index contributed by atoms with van der Waals surface area (Å²) in [6.07, 6.45) is 9.86. The fourth-order valence-corrected chi connectivity index (χ4v) is 4.83. The molecular formula is C31H32N4O3. The summed E-state index contributed by atoms with van der Waals surface area (Å²) in [5, 5.41) is 16.4. The lowest BCUT2D eigenvalue weighted by molar-refractivity contribution is -0.114. The van der Waals surface area contributed by atoms with Crippen LogP contribution in [0.3, 0.4) is 0 Å². The van der Waals surface area contributed by atoms with Crippen LogP contribution in [0.4, 0.5) is 0 Å². The van der Waals surface area contributed by atoms with Crippen LogP contribution in [0.5, 0.6) is 0 Å². The summed E-state index contributed by atoms with van der Waals surface area (Å²) in [7, 11) is 1.98. The van der Waals surface area contributed by atoms with Crippen LogP contribution in [-0.4, -0.2) is 51.7 Å². The lowest BCUT2D eigenvalue weighted by Gasteiger charge is -2.15. The van der Waals surface area contributed by atoms with E-state index in [0.717, 1.165) is 28.8 Å². The zero-order chi connectivity index (χ0) is 26.6. The van der Waals surface area contributed by atoms with Crippen LogP contribution >= 0.6 is 0 Å². The molecule has 7 heteroatoms. The minimum absolute atomic E-state index is 0.0517. The smallest absolute Gasteiger partial charge is 0.258 e. The van der Waals surface area contributed by atoms with Crippen molar-refractivity contribution in [2.24, 2.45) is 0 Å². The molecule has 0 bridgehead atoms. The highest BCUT2D eigenvalue weighted by molar-refractivity contribution is 6.04. The average molecular weight is 509 g/mol. The lowest BCUT2D eigenvalue weighted by atomic mass is 9.93. The van der Waals surface area contributed by atoms with E-state index in [1.165, 1.54) is 11.1 Å². The number of benzene rings is 2. The quantitative estimate of drug-likeness (QED) is 0.459. The highest BCUT2D eigenvalue weighted by Gasteiger charge is 2.24. The molecule has 0 saturated heterocycles. The number of fused-ring (bicyclic) bond motifs is 1. The van der Waals surface area contributed by atoms with Crippen LogP contribution in [0.25, 0.3) is 6.08 Å². The van der Waals surface area contributed by atoms with Crippen molar-refractivity contribution in [2.45, 2.75) is 32.9 Å². The molecule has 1 heterocycles. The molecule has 0 fully saturated rings. The molecule has 0 saturated carbocycles. The van der Waals surface area contributed by atoms with Gasteiger partial charge in [-0.05, 0) is 54.3 Å². The number of aryl methyl sites for hydroxylation is 1. The molecule has 0 unspecified atom stereocenters. The number of hydrogen-bond donors (Lipinski definition) is 2. The average Bonchev–Trinajstić information content (AvgIpc) is 3.53. The standard InChI is InChI=1S/C31H32N4O3/c1-21-3-5-22(6-4-21)19-35-20-27(17-32-35)31(38)33-28-9-10-30(37)29(16-28)26-14-24-8-7-23(13-25(24)15-26)18-34(2)11-12-36/h3-9,13,15-17,20,36H,10-12,14,18-19H2,1-2H3,(H,33,38). The van der Waals surface area contributed by atoms with Gasteiger partial charge in [-0.25, -0.2) is 0 Å². The summed E-state index contributed by atoms with van der Waals surface area (Å²) in [5.74, 6) is -0.201. The Morgan fingerprint density at radius 3 is 2.71 bits per heavy atom. The Kier molecular flexibility index (Phi) is 7.49. The van der Waals surface area contributed by atoms with Gasteiger partial charge in [-0.2, -0.15) is 5.10 Å². The minimum Gasteiger partial charge on any atom is -0.395 e. The van der Waals surface area contributed by atoms with E-state index < -0.39 is 0 Å². The number of rotatable bonds is 9. The molecule has 5 rings (SSSR count). The SMILES string of the molecule is Cc1ccc(Cn2cc(C(=O)NC3=CCC(=O)C(C4=Cc5cc(CN(C)CCO)ccc5C4)=C3)cn2)cc1. The maximum absolute atomic E-state index is 12.9. The summed E-state index contributed by atoms with van der Waals surface area (Å²) >= 11 is 0. The lowest BCUT2D eigenvalue weighted by Crippen LogP contribution is -2.24. The predicted octanol–water partition coefficient (Wildman–Crippen LogP) is 3.82. The molecule has 3 aromatic rings. The van der Waals surface area contributed by atoms with Crippen LogP contribution in [0, 0.1) is 6.92 Å².